The third-order valence-corrected chi connectivity index (χ3v) is 4.06. The van der Waals surface area contributed by atoms with Gasteiger partial charge in [0, 0.05) is 18.2 Å². The highest BCUT2D eigenvalue weighted by Crippen LogP contribution is 2.25. The zero-order valence-electron chi connectivity index (χ0n) is 14.6. The molecule has 1 aliphatic heterocycles. The fourth-order valence-electron chi connectivity index (χ4n) is 2.66. The van der Waals surface area contributed by atoms with Crippen molar-refractivity contribution in [2.45, 2.75) is 18.9 Å². The van der Waals surface area contributed by atoms with Crippen LogP contribution in [0.4, 0.5) is 11.4 Å². The van der Waals surface area contributed by atoms with Crippen LogP contribution in [0, 0.1) is 0 Å². The van der Waals surface area contributed by atoms with Crippen LogP contribution in [0.1, 0.15) is 23.2 Å². The SMILES string of the molecule is COc1ccc(N)c(NC(=O)c2cccc(OCC3CCCO3)c2)c1.Cl. The molecule has 0 saturated carbocycles. The number of nitrogen functional groups attached to an aromatic ring is 1. The van der Waals surface area contributed by atoms with Gasteiger partial charge in [0.1, 0.15) is 18.1 Å². The van der Waals surface area contributed by atoms with Crippen LogP contribution in [0.3, 0.4) is 0 Å². The molecule has 2 aromatic rings. The van der Waals surface area contributed by atoms with E-state index in [4.69, 9.17) is 19.9 Å². The number of nitrogens with one attached hydrogen (secondary N) is 1. The Morgan fingerprint density at radius 3 is 2.85 bits per heavy atom. The van der Waals surface area contributed by atoms with Gasteiger partial charge in [-0.25, -0.2) is 0 Å². The number of hydrogen-bond donors (Lipinski definition) is 2. The van der Waals surface area contributed by atoms with E-state index in [1.165, 1.54) is 0 Å². The number of nitrogens with two attached hydrogens (primary N) is 1. The molecule has 1 aliphatic rings. The van der Waals surface area contributed by atoms with Crippen molar-refractivity contribution in [1.82, 2.24) is 0 Å². The Morgan fingerprint density at radius 1 is 1.27 bits per heavy atom. The Kier molecular flexibility index (Phi) is 7.12. The van der Waals surface area contributed by atoms with Crippen molar-refractivity contribution in [3.63, 3.8) is 0 Å². The molecule has 1 fully saturated rings. The van der Waals surface area contributed by atoms with Crippen molar-refractivity contribution in [3.05, 3.63) is 48.0 Å². The Morgan fingerprint density at radius 2 is 2.12 bits per heavy atom. The zero-order valence-corrected chi connectivity index (χ0v) is 15.4. The van der Waals surface area contributed by atoms with Gasteiger partial charge < -0.3 is 25.3 Å². The van der Waals surface area contributed by atoms with Crippen LogP contribution in [0.15, 0.2) is 42.5 Å². The van der Waals surface area contributed by atoms with Crippen molar-refractivity contribution in [2.24, 2.45) is 0 Å². The summed E-state index contributed by atoms with van der Waals surface area (Å²) in [6.45, 7) is 1.28. The van der Waals surface area contributed by atoms with Crippen molar-refractivity contribution in [2.75, 3.05) is 31.4 Å². The molecule has 1 amide bonds. The maximum atomic E-state index is 12.5. The number of carbonyl (C=O) groups excluding carboxylic acids is 1. The molecule has 2 aromatic carbocycles. The maximum absolute atomic E-state index is 12.5. The first kappa shape index (κ1) is 19.9. The van der Waals surface area contributed by atoms with Gasteiger partial charge in [-0.1, -0.05) is 6.07 Å². The molecule has 3 rings (SSSR count). The van der Waals surface area contributed by atoms with Crippen LogP contribution in [0.5, 0.6) is 11.5 Å². The summed E-state index contributed by atoms with van der Waals surface area (Å²) >= 11 is 0. The molecule has 7 heteroatoms. The van der Waals surface area contributed by atoms with Gasteiger partial charge in [-0.05, 0) is 43.2 Å². The third kappa shape index (κ3) is 5.03. The number of rotatable bonds is 6. The van der Waals surface area contributed by atoms with E-state index in [0.29, 0.717) is 35.0 Å². The Hall–Kier alpha value is -2.44. The van der Waals surface area contributed by atoms with Crippen LogP contribution >= 0.6 is 12.4 Å². The van der Waals surface area contributed by atoms with Crippen LogP contribution in [-0.2, 0) is 4.74 Å². The first-order chi connectivity index (χ1) is 12.2. The lowest BCUT2D eigenvalue weighted by atomic mass is 10.2. The van der Waals surface area contributed by atoms with E-state index >= 15 is 0 Å². The zero-order chi connectivity index (χ0) is 17.6. The molecule has 0 aliphatic carbocycles. The predicted molar refractivity (Wildman–Crippen MR) is 104 cm³/mol. The topological polar surface area (TPSA) is 82.8 Å². The van der Waals surface area contributed by atoms with Gasteiger partial charge in [0.15, 0.2) is 0 Å². The second kappa shape index (κ2) is 9.31. The first-order valence-corrected chi connectivity index (χ1v) is 8.25. The highest BCUT2D eigenvalue weighted by atomic mass is 35.5. The molecule has 0 spiro atoms. The minimum Gasteiger partial charge on any atom is -0.497 e. The fraction of sp³-hybridized carbons (Fsp3) is 0.316. The molecular formula is C19H23ClN2O4. The molecule has 1 unspecified atom stereocenters. The van der Waals surface area contributed by atoms with Gasteiger partial charge >= 0.3 is 0 Å². The van der Waals surface area contributed by atoms with Gasteiger partial charge in [-0.2, -0.15) is 0 Å². The van der Waals surface area contributed by atoms with Gasteiger partial charge in [-0.15, -0.1) is 12.4 Å². The highest BCUT2D eigenvalue weighted by molar-refractivity contribution is 6.06. The number of ether oxygens (including phenoxy) is 3. The largest absolute Gasteiger partial charge is 0.497 e. The molecule has 140 valence electrons. The summed E-state index contributed by atoms with van der Waals surface area (Å²) in [6.07, 6.45) is 2.21. The number of hydrogen-bond acceptors (Lipinski definition) is 5. The molecule has 3 N–H and O–H groups in total. The van der Waals surface area contributed by atoms with E-state index in [1.807, 2.05) is 6.07 Å². The lowest BCUT2D eigenvalue weighted by molar-refractivity contribution is 0.0679. The second-order valence-electron chi connectivity index (χ2n) is 5.88. The Bertz CT molecular complexity index is 748. The monoisotopic (exact) mass is 378 g/mol. The highest BCUT2D eigenvalue weighted by Gasteiger charge is 2.16. The molecule has 0 aromatic heterocycles. The summed E-state index contributed by atoms with van der Waals surface area (Å²) < 4.78 is 16.4. The van der Waals surface area contributed by atoms with E-state index in [2.05, 4.69) is 5.32 Å². The number of carbonyl (C=O) groups is 1. The first-order valence-electron chi connectivity index (χ1n) is 8.25. The molecule has 1 atom stereocenters. The molecule has 0 bridgehead atoms. The van der Waals surface area contributed by atoms with E-state index in [9.17, 15) is 4.79 Å². The van der Waals surface area contributed by atoms with Crippen molar-refractivity contribution in [3.8, 4) is 11.5 Å². The average Bonchev–Trinajstić information content (AvgIpc) is 3.15. The summed E-state index contributed by atoms with van der Waals surface area (Å²) in [7, 11) is 1.56. The van der Waals surface area contributed by atoms with E-state index in [0.717, 1.165) is 19.4 Å². The minimum atomic E-state index is -0.262. The minimum absolute atomic E-state index is 0. The number of benzene rings is 2. The Balaban J connectivity index is 0.00000243. The van der Waals surface area contributed by atoms with E-state index < -0.39 is 0 Å². The van der Waals surface area contributed by atoms with Crippen LogP contribution in [0.2, 0.25) is 0 Å². The average molecular weight is 379 g/mol. The molecule has 0 radical (unpaired) electrons. The van der Waals surface area contributed by atoms with Crippen molar-refractivity contribution >= 4 is 29.7 Å². The summed E-state index contributed by atoms with van der Waals surface area (Å²) in [5, 5.41) is 2.80. The Labute approximate surface area is 159 Å². The van der Waals surface area contributed by atoms with Crippen LogP contribution in [0.25, 0.3) is 0 Å². The lowest BCUT2D eigenvalue weighted by Gasteiger charge is -2.13. The summed E-state index contributed by atoms with van der Waals surface area (Å²) in [6, 6.07) is 12.2. The summed E-state index contributed by atoms with van der Waals surface area (Å²) in [5.41, 5.74) is 7.38. The van der Waals surface area contributed by atoms with Crippen molar-refractivity contribution < 1.29 is 19.0 Å². The summed E-state index contributed by atoms with van der Waals surface area (Å²) in [4.78, 5) is 12.5. The number of halogens is 1. The number of amides is 1. The molecule has 1 saturated heterocycles. The maximum Gasteiger partial charge on any atom is 0.255 e. The lowest BCUT2D eigenvalue weighted by Crippen LogP contribution is -2.17. The fourth-order valence-corrected chi connectivity index (χ4v) is 2.66. The molecule has 1 heterocycles. The number of methoxy groups -OCH3 is 1. The van der Waals surface area contributed by atoms with Gasteiger partial charge in [0.2, 0.25) is 0 Å². The van der Waals surface area contributed by atoms with E-state index in [1.54, 1.807) is 43.5 Å². The molecule has 6 nitrogen and oxygen atoms in total. The smallest absolute Gasteiger partial charge is 0.255 e. The quantitative estimate of drug-likeness (QED) is 0.751. The standard InChI is InChI=1S/C19H22N2O4.ClH/c1-23-14-7-8-17(20)18(11-14)21-19(22)13-4-2-5-15(10-13)25-12-16-6-3-9-24-16;/h2,4-5,7-8,10-11,16H,3,6,9,12,20H2,1H3,(H,21,22);1H. The van der Waals surface area contributed by atoms with Gasteiger partial charge in [-0.3, -0.25) is 4.79 Å². The predicted octanol–water partition coefficient (Wildman–Crippen LogP) is 3.51. The van der Waals surface area contributed by atoms with E-state index in [-0.39, 0.29) is 24.4 Å². The molecule has 26 heavy (non-hydrogen) atoms. The summed E-state index contributed by atoms with van der Waals surface area (Å²) in [5.74, 6) is 1.00. The normalized spacial score (nSPS) is 15.8. The second-order valence-corrected chi connectivity index (χ2v) is 5.88. The van der Waals surface area contributed by atoms with Gasteiger partial charge in [0.05, 0.1) is 24.6 Å². The van der Waals surface area contributed by atoms with Gasteiger partial charge in [0.25, 0.3) is 5.91 Å². The van der Waals surface area contributed by atoms with Crippen LogP contribution < -0.4 is 20.5 Å². The third-order valence-electron chi connectivity index (χ3n) is 4.06. The number of anilines is 2. The molecular weight excluding hydrogens is 356 g/mol. The van der Waals surface area contributed by atoms with Crippen LogP contribution in [-0.4, -0.2) is 32.3 Å². The van der Waals surface area contributed by atoms with Crippen molar-refractivity contribution in [1.29, 1.82) is 0 Å².